The average Bonchev–Trinajstić information content (AvgIpc) is 3.36. The van der Waals surface area contributed by atoms with Crippen LogP contribution in [0.15, 0.2) is 33.7 Å². The van der Waals surface area contributed by atoms with E-state index in [9.17, 15) is 4.79 Å². The summed E-state index contributed by atoms with van der Waals surface area (Å²) in [7, 11) is 1.76. The Morgan fingerprint density at radius 1 is 1.28 bits per heavy atom. The summed E-state index contributed by atoms with van der Waals surface area (Å²) in [6, 6.07) is 8.52. The number of guanidine groups is 1. The van der Waals surface area contributed by atoms with Crippen LogP contribution < -0.4 is 16.0 Å². The molecule has 0 spiro atoms. The van der Waals surface area contributed by atoms with E-state index in [1.54, 1.807) is 7.05 Å². The third-order valence-corrected chi connectivity index (χ3v) is 5.25. The fraction of sp³-hybridized carbons (Fsp3) is 0.579. The van der Waals surface area contributed by atoms with E-state index in [-0.39, 0.29) is 11.3 Å². The molecule has 3 N–H and O–H groups in total. The lowest BCUT2D eigenvalue weighted by molar-refractivity contribution is -0.128. The zero-order chi connectivity index (χ0) is 18.5. The molecule has 1 saturated carbocycles. The monoisotopic (exact) mass is 408 g/mol. The number of hydrogen-bond donors (Lipinski definition) is 3. The molecule has 1 amide bonds. The highest BCUT2D eigenvalue weighted by Crippen LogP contribution is 2.48. The number of benzene rings is 1. The van der Waals surface area contributed by atoms with Gasteiger partial charge in [-0.25, -0.2) is 0 Å². The molecule has 2 rings (SSSR count). The highest BCUT2D eigenvalue weighted by Gasteiger charge is 2.44. The van der Waals surface area contributed by atoms with E-state index in [1.807, 2.05) is 20.8 Å². The molecule has 138 valence electrons. The van der Waals surface area contributed by atoms with E-state index in [4.69, 9.17) is 0 Å². The number of nitrogens with zero attached hydrogens (tertiary/aromatic N) is 1. The number of nitrogens with one attached hydrogen (secondary N) is 3. The quantitative estimate of drug-likeness (QED) is 0.479. The third kappa shape index (κ3) is 5.21. The minimum atomic E-state index is -0.491. The van der Waals surface area contributed by atoms with Crippen LogP contribution in [0.5, 0.6) is 0 Å². The molecule has 0 aromatic heterocycles. The molecule has 0 unspecified atom stereocenters. The fourth-order valence-electron chi connectivity index (χ4n) is 2.80. The van der Waals surface area contributed by atoms with E-state index < -0.39 is 5.41 Å². The van der Waals surface area contributed by atoms with Gasteiger partial charge in [-0.05, 0) is 51.3 Å². The minimum absolute atomic E-state index is 0.0470. The van der Waals surface area contributed by atoms with Crippen LogP contribution >= 0.6 is 15.9 Å². The number of halogens is 1. The first kappa shape index (κ1) is 19.8. The van der Waals surface area contributed by atoms with Crippen molar-refractivity contribution < 1.29 is 4.79 Å². The van der Waals surface area contributed by atoms with E-state index in [0.29, 0.717) is 13.1 Å². The second-order valence-corrected chi connectivity index (χ2v) is 8.23. The van der Waals surface area contributed by atoms with Crippen molar-refractivity contribution in [1.82, 2.24) is 16.0 Å². The maximum Gasteiger partial charge on any atom is 0.227 e. The van der Waals surface area contributed by atoms with E-state index in [2.05, 4.69) is 61.1 Å². The van der Waals surface area contributed by atoms with Gasteiger partial charge >= 0.3 is 0 Å². The minimum Gasteiger partial charge on any atom is -0.356 e. The maximum atomic E-state index is 12.1. The van der Waals surface area contributed by atoms with Crippen LogP contribution in [0.4, 0.5) is 0 Å². The SMILES string of the molecule is CCNC(=O)C(C)(C)CNC(=NC)NCC1(c2cccc(Br)c2)CC1. The van der Waals surface area contributed by atoms with Crippen molar-refractivity contribution in [3.8, 4) is 0 Å². The summed E-state index contributed by atoms with van der Waals surface area (Å²) in [5.41, 5.74) is 1.05. The Hall–Kier alpha value is -1.56. The summed E-state index contributed by atoms with van der Waals surface area (Å²) in [5.74, 6) is 0.782. The van der Waals surface area contributed by atoms with E-state index in [0.717, 1.165) is 17.0 Å². The summed E-state index contributed by atoms with van der Waals surface area (Å²) in [5, 5.41) is 9.58. The van der Waals surface area contributed by atoms with Gasteiger partial charge in [-0.3, -0.25) is 9.79 Å². The summed E-state index contributed by atoms with van der Waals surface area (Å²) in [6.07, 6.45) is 2.36. The first-order valence-corrected chi connectivity index (χ1v) is 9.61. The topological polar surface area (TPSA) is 65.5 Å². The van der Waals surface area contributed by atoms with Crippen LogP contribution in [0.2, 0.25) is 0 Å². The number of hydrogen-bond acceptors (Lipinski definition) is 2. The Morgan fingerprint density at radius 3 is 2.56 bits per heavy atom. The molecule has 1 aliphatic rings. The van der Waals surface area contributed by atoms with Gasteiger partial charge in [-0.2, -0.15) is 0 Å². The molecule has 1 fully saturated rings. The maximum absolute atomic E-state index is 12.1. The third-order valence-electron chi connectivity index (χ3n) is 4.76. The lowest BCUT2D eigenvalue weighted by Crippen LogP contribution is -2.48. The molecule has 1 aliphatic carbocycles. The Labute approximate surface area is 159 Å². The zero-order valence-corrected chi connectivity index (χ0v) is 17.2. The van der Waals surface area contributed by atoms with Gasteiger partial charge in [-0.15, -0.1) is 0 Å². The molecule has 5 nitrogen and oxygen atoms in total. The van der Waals surface area contributed by atoms with Gasteiger partial charge in [0.15, 0.2) is 5.96 Å². The Kier molecular flexibility index (Phi) is 6.49. The predicted octanol–water partition coefficient (Wildman–Crippen LogP) is 2.81. The van der Waals surface area contributed by atoms with Gasteiger partial charge in [0, 0.05) is 36.6 Å². The van der Waals surface area contributed by atoms with Crippen LogP contribution in [-0.2, 0) is 10.2 Å². The molecular weight excluding hydrogens is 380 g/mol. The molecule has 1 aromatic carbocycles. The standard InChI is InChI=1S/C19H29BrN4O/c1-5-22-16(25)18(2,3)12-23-17(21-4)24-13-19(9-10-19)14-7-6-8-15(20)11-14/h6-8,11H,5,9-10,12-13H2,1-4H3,(H,22,25)(H2,21,23,24). The summed E-state index contributed by atoms with van der Waals surface area (Å²) < 4.78 is 1.11. The molecule has 0 radical (unpaired) electrons. The van der Waals surface area contributed by atoms with Crippen LogP contribution in [0.1, 0.15) is 39.2 Å². The van der Waals surface area contributed by atoms with Gasteiger partial charge in [0.1, 0.15) is 0 Å². The summed E-state index contributed by atoms with van der Waals surface area (Å²) in [6.45, 7) is 7.81. The Balaban J connectivity index is 1.90. The van der Waals surface area contributed by atoms with Crippen molar-refractivity contribution in [3.05, 3.63) is 34.3 Å². The lowest BCUT2D eigenvalue weighted by Gasteiger charge is -2.25. The second kappa shape index (κ2) is 8.21. The summed E-state index contributed by atoms with van der Waals surface area (Å²) in [4.78, 5) is 16.4. The van der Waals surface area contributed by atoms with Crippen molar-refractivity contribution in [2.24, 2.45) is 10.4 Å². The first-order chi connectivity index (χ1) is 11.8. The van der Waals surface area contributed by atoms with Crippen LogP contribution in [0.25, 0.3) is 0 Å². The number of amides is 1. The van der Waals surface area contributed by atoms with Crippen LogP contribution in [-0.4, -0.2) is 38.5 Å². The van der Waals surface area contributed by atoms with E-state index >= 15 is 0 Å². The normalized spacial score (nSPS) is 16.3. The number of aliphatic imine (C=N–C) groups is 1. The molecule has 0 bridgehead atoms. The smallest absolute Gasteiger partial charge is 0.227 e. The largest absolute Gasteiger partial charge is 0.356 e. The highest BCUT2D eigenvalue weighted by atomic mass is 79.9. The summed E-state index contributed by atoms with van der Waals surface area (Å²) >= 11 is 3.55. The van der Waals surface area contributed by atoms with Gasteiger partial charge in [0.05, 0.1) is 5.41 Å². The van der Waals surface area contributed by atoms with Gasteiger partial charge in [0.2, 0.25) is 5.91 Å². The second-order valence-electron chi connectivity index (χ2n) is 7.31. The highest BCUT2D eigenvalue weighted by molar-refractivity contribution is 9.10. The van der Waals surface area contributed by atoms with Crippen molar-refractivity contribution in [2.75, 3.05) is 26.7 Å². The van der Waals surface area contributed by atoms with Gasteiger partial charge in [0.25, 0.3) is 0 Å². The van der Waals surface area contributed by atoms with Crippen molar-refractivity contribution in [3.63, 3.8) is 0 Å². The van der Waals surface area contributed by atoms with Crippen LogP contribution in [0.3, 0.4) is 0 Å². The van der Waals surface area contributed by atoms with Crippen molar-refractivity contribution in [2.45, 2.75) is 39.0 Å². The van der Waals surface area contributed by atoms with Gasteiger partial charge < -0.3 is 16.0 Å². The molecule has 25 heavy (non-hydrogen) atoms. The van der Waals surface area contributed by atoms with Crippen LogP contribution in [0, 0.1) is 5.41 Å². The molecule has 6 heteroatoms. The lowest BCUT2D eigenvalue weighted by atomic mass is 9.92. The molecule has 0 atom stereocenters. The average molecular weight is 409 g/mol. The van der Waals surface area contributed by atoms with Crippen molar-refractivity contribution >= 4 is 27.8 Å². The fourth-order valence-corrected chi connectivity index (χ4v) is 3.19. The Morgan fingerprint density at radius 2 is 2.00 bits per heavy atom. The number of carbonyl (C=O) groups is 1. The Bertz CT molecular complexity index is 638. The van der Waals surface area contributed by atoms with Crippen molar-refractivity contribution in [1.29, 1.82) is 0 Å². The van der Waals surface area contributed by atoms with E-state index in [1.165, 1.54) is 18.4 Å². The molecular formula is C19H29BrN4O. The number of carbonyl (C=O) groups excluding carboxylic acids is 1. The van der Waals surface area contributed by atoms with Gasteiger partial charge in [-0.1, -0.05) is 28.1 Å². The molecule has 0 aliphatic heterocycles. The molecule has 0 heterocycles. The first-order valence-electron chi connectivity index (χ1n) is 8.82. The number of rotatable bonds is 7. The molecule has 0 saturated heterocycles. The molecule has 1 aromatic rings. The predicted molar refractivity (Wildman–Crippen MR) is 107 cm³/mol. The zero-order valence-electron chi connectivity index (χ0n) is 15.6.